The van der Waals surface area contributed by atoms with Gasteiger partial charge in [-0.15, -0.1) is 0 Å². The highest BCUT2D eigenvalue weighted by atomic mass is 16.3. The lowest BCUT2D eigenvalue weighted by Crippen LogP contribution is -2.17. The van der Waals surface area contributed by atoms with Gasteiger partial charge in [-0.2, -0.15) is 0 Å². The van der Waals surface area contributed by atoms with Crippen molar-refractivity contribution in [2.75, 3.05) is 7.05 Å². The molecule has 0 fully saturated rings. The third-order valence-electron chi connectivity index (χ3n) is 3.80. The van der Waals surface area contributed by atoms with Crippen LogP contribution in [0.3, 0.4) is 0 Å². The molecule has 0 spiro atoms. The maximum atomic E-state index is 5.67. The van der Waals surface area contributed by atoms with E-state index < -0.39 is 0 Å². The molecule has 0 saturated heterocycles. The number of fused-ring (bicyclic) bond motifs is 1. The molecule has 0 amide bonds. The Bertz CT molecular complexity index is 714. The van der Waals surface area contributed by atoms with E-state index in [-0.39, 0.29) is 6.04 Å². The van der Waals surface area contributed by atoms with Crippen LogP contribution in [0, 0.1) is 0 Å². The molecule has 0 bridgehead atoms. The molecule has 0 aliphatic rings. The van der Waals surface area contributed by atoms with Crippen molar-refractivity contribution in [1.29, 1.82) is 0 Å². The largest absolute Gasteiger partial charge is 0.464 e. The predicted molar refractivity (Wildman–Crippen MR) is 82.9 cm³/mol. The van der Waals surface area contributed by atoms with Gasteiger partial charge in [0.25, 0.3) is 0 Å². The van der Waals surface area contributed by atoms with Gasteiger partial charge in [-0.3, -0.25) is 0 Å². The van der Waals surface area contributed by atoms with Gasteiger partial charge in [0.05, 0.1) is 12.3 Å². The van der Waals surface area contributed by atoms with Crippen LogP contribution in [0.25, 0.3) is 11.0 Å². The lowest BCUT2D eigenvalue weighted by Gasteiger charge is -2.16. The van der Waals surface area contributed by atoms with Crippen molar-refractivity contribution >= 4 is 11.0 Å². The average Bonchev–Trinajstić information content (AvgIpc) is 2.93. The van der Waals surface area contributed by atoms with Crippen LogP contribution >= 0.6 is 0 Å². The van der Waals surface area contributed by atoms with Crippen LogP contribution < -0.4 is 5.32 Å². The fourth-order valence-electron chi connectivity index (χ4n) is 2.72. The summed E-state index contributed by atoms with van der Waals surface area (Å²) in [6.45, 7) is 2.18. The Morgan fingerprint density at radius 2 is 1.95 bits per heavy atom. The molecule has 1 atom stereocenters. The third-order valence-corrected chi connectivity index (χ3v) is 3.80. The molecule has 2 aromatic carbocycles. The van der Waals surface area contributed by atoms with Crippen LogP contribution in [0.15, 0.2) is 59.2 Å². The van der Waals surface area contributed by atoms with Crippen molar-refractivity contribution in [3.63, 3.8) is 0 Å². The zero-order chi connectivity index (χ0) is 13.9. The standard InChI is InChI=1S/C18H19NO/c1-3-13-7-6-8-14(11-13)18(19-2)16-12-20-17-10-5-4-9-15(16)17/h4-12,18-19H,3H2,1-2H3. The topological polar surface area (TPSA) is 25.2 Å². The number of hydrogen-bond acceptors (Lipinski definition) is 2. The second-order valence-electron chi connectivity index (χ2n) is 5.01. The maximum absolute atomic E-state index is 5.67. The SMILES string of the molecule is CCc1cccc(C(NC)c2coc3ccccc23)c1. The molecule has 0 aliphatic heterocycles. The molecular weight excluding hydrogens is 246 g/mol. The van der Waals surface area contributed by atoms with Crippen LogP contribution in [0.4, 0.5) is 0 Å². The van der Waals surface area contributed by atoms with E-state index in [1.54, 1.807) is 0 Å². The lowest BCUT2D eigenvalue weighted by atomic mass is 9.96. The van der Waals surface area contributed by atoms with Gasteiger partial charge < -0.3 is 9.73 Å². The minimum absolute atomic E-state index is 0.158. The first-order chi connectivity index (χ1) is 9.83. The fourth-order valence-corrected chi connectivity index (χ4v) is 2.72. The van der Waals surface area contributed by atoms with Crippen molar-refractivity contribution in [1.82, 2.24) is 5.32 Å². The molecule has 3 rings (SSSR count). The second kappa shape index (κ2) is 5.51. The first kappa shape index (κ1) is 12.9. The highest BCUT2D eigenvalue weighted by Crippen LogP contribution is 2.30. The second-order valence-corrected chi connectivity index (χ2v) is 5.01. The van der Waals surface area contributed by atoms with E-state index >= 15 is 0 Å². The monoisotopic (exact) mass is 265 g/mol. The highest BCUT2D eigenvalue weighted by Gasteiger charge is 2.17. The molecule has 2 nitrogen and oxygen atoms in total. The Labute approximate surface area is 119 Å². The highest BCUT2D eigenvalue weighted by molar-refractivity contribution is 5.81. The summed E-state index contributed by atoms with van der Waals surface area (Å²) in [5.74, 6) is 0. The molecule has 1 unspecified atom stereocenters. The van der Waals surface area contributed by atoms with Crippen molar-refractivity contribution < 1.29 is 4.42 Å². The van der Waals surface area contributed by atoms with E-state index in [9.17, 15) is 0 Å². The van der Waals surface area contributed by atoms with Gasteiger partial charge in [-0.25, -0.2) is 0 Å². The molecular formula is C18H19NO. The van der Waals surface area contributed by atoms with Crippen molar-refractivity contribution in [2.24, 2.45) is 0 Å². The van der Waals surface area contributed by atoms with Crippen molar-refractivity contribution in [2.45, 2.75) is 19.4 Å². The number of benzene rings is 2. The van der Waals surface area contributed by atoms with E-state index in [1.165, 1.54) is 22.1 Å². The van der Waals surface area contributed by atoms with Gasteiger partial charge in [-0.1, -0.05) is 49.4 Å². The van der Waals surface area contributed by atoms with Gasteiger partial charge >= 0.3 is 0 Å². The normalized spacial score (nSPS) is 12.7. The van der Waals surface area contributed by atoms with Crippen LogP contribution in [-0.4, -0.2) is 7.05 Å². The van der Waals surface area contributed by atoms with E-state index in [4.69, 9.17) is 4.42 Å². The molecule has 20 heavy (non-hydrogen) atoms. The first-order valence-electron chi connectivity index (χ1n) is 7.05. The Balaban J connectivity index is 2.09. The van der Waals surface area contributed by atoms with Gasteiger partial charge in [0.1, 0.15) is 5.58 Å². The zero-order valence-electron chi connectivity index (χ0n) is 11.9. The summed E-state index contributed by atoms with van der Waals surface area (Å²) in [4.78, 5) is 0. The van der Waals surface area contributed by atoms with Gasteiger partial charge in [0, 0.05) is 10.9 Å². The smallest absolute Gasteiger partial charge is 0.134 e. The summed E-state index contributed by atoms with van der Waals surface area (Å²) in [5, 5.41) is 4.58. The lowest BCUT2D eigenvalue weighted by molar-refractivity contribution is 0.596. The van der Waals surface area contributed by atoms with Crippen LogP contribution in [0.5, 0.6) is 0 Å². The van der Waals surface area contributed by atoms with Crippen LogP contribution in [0.2, 0.25) is 0 Å². The number of aryl methyl sites for hydroxylation is 1. The number of hydrogen-bond donors (Lipinski definition) is 1. The summed E-state index contributed by atoms with van der Waals surface area (Å²) in [7, 11) is 1.99. The van der Waals surface area contributed by atoms with E-state index in [0.717, 1.165) is 12.0 Å². The molecule has 0 saturated carbocycles. The molecule has 0 aliphatic carbocycles. The number of furan rings is 1. The quantitative estimate of drug-likeness (QED) is 0.760. The van der Waals surface area contributed by atoms with Crippen molar-refractivity contribution in [3.8, 4) is 0 Å². The summed E-state index contributed by atoms with van der Waals surface area (Å²) >= 11 is 0. The fraction of sp³-hybridized carbons (Fsp3) is 0.222. The zero-order valence-corrected chi connectivity index (χ0v) is 11.9. The summed E-state index contributed by atoms with van der Waals surface area (Å²) in [5.41, 5.74) is 4.76. The Morgan fingerprint density at radius 1 is 1.10 bits per heavy atom. The Kier molecular flexibility index (Phi) is 3.57. The summed E-state index contributed by atoms with van der Waals surface area (Å²) in [6.07, 6.45) is 2.92. The number of nitrogens with one attached hydrogen (secondary N) is 1. The number of para-hydroxylation sites is 1. The molecule has 2 heteroatoms. The molecule has 1 heterocycles. The predicted octanol–water partition coefficient (Wildman–Crippen LogP) is 4.30. The van der Waals surface area contributed by atoms with Crippen LogP contribution in [-0.2, 0) is 6.42 Å². The molecule has 3 aromatic rings. The van der Waals surface area contributed by atoms with E-state index in [0.29, 0.717) is 0 Å². The summed E-state index contributed by atoms with van der Waals surface area (Å²) in [6, 6.07) is 17.1. The average molecular weight is 265 g/mol. The van der Waals surface area contributed by atoms with E-state index in [1.807, 2.05) is 25.4 Å². The summed E-state index contributed by atoms with van der Waals surface area (Å²) < 4.78 is 5.67. The van der Waals surface area contributed by atoms with Gasteiger partial charge in [0.15, 0.2) is 0 Å². The Morgan fingerprint density at radius 3 is 2.75 bits per heavy atom. The molecule has 102 valence electrons. The first-order valence-corrected chi connectivity index (χ1v) is 7.05. The molecule has 1 N–H and O–H groups in total. The third kappa shape index (κ3) is 2.23. The molecule has 1 aromatic heterocycles. The minimum Gasteiger partial charge on any atom is -0.464 e. The molecule has 0 radical (unpaired) electrons. The van der Waals surface area contributed by atoms with E-state index in [2.05, 4.69) is 48.6 Å². The van der Waals surface area contributed by atoms with Crippen LogP contribution in [0.1, 0.15) is 29.7 Å². The van der Waals surface area contributed by atoms with Gasteiger partial charge in [0.2, 0.25) is 0 Å². The van der Waals surface area contributed by atoms with Gasteiger partial charge in [-0.05, 0) is 30.7 Å². The number of rotatable bonds is 4. The minimum atomic E-state index is 0.158. The Hall–Kier alpha value is -2.06. The van der Waals surface area contributed by atoms with Crippen molar-refractivity contribution in [3.05, 3.63) is 71.5 Å². The maximum Gasteiger partial charge on any atom is 0.134 e.